The number of hydrogen-bond donors (Lipinski definition) is 1. The molecular weight excluding hydrogens is 198 g/mol. The number of likely N-dealkylation sites (N-methyl/N-ethyl adjacent to an activating group) is 1. The monoisotopic (exact) mass is 219 g/mol. The lowest BCUT2D eigenvalue weighted by atomic mass is 10.0. The predicted octanol–water partition coefficient (Wildman–Crippen LogP) is 1.92. The summed E-state index contributed by atoms with van der Waals surface area (Å²) in [6.07, 6.45) is 0. The van der Waals surface area contributed by atoms with Gasteiger partial charge < -0.3 is 5.11 Å². The van der Waals surface area contributed by atoms with Crippen molar-refractivity contribution < 1.29 is 9.90 Å². The summed E-state index contributed by atoms with van der Waals surface area (Å²) in [6, 6.07) is 0. The molecule has 0 aromatic carbocycles. The van der Waals surface area contributed by atoms with Crippen molar-refractivity contribution >= 4 is 17.7 Å². The molecule has 14 heavy (non-hydrogen) atoms. The van der Waals surface area contributed by atoms with E-state index < -0.39 is 11.5 Å². The molecule has 0 aromatic rings. The third-order valence-electron chi connectivity index (χ3n) is 2.41. The Kier molecular flexibility index (Phi) is 6.20. The Morgan fingerprint density at radius 1 is 1.43 bits per heavy atom. The van der Waals surface area contributed by atoms with Gasteiger partial charge in [0.05, 0.1) is 0 Å². The predicted molar refractivity (Wildman–Crippen MR) is 62.0 cm³/mol. The van der Waals surface area contributed by atoms with Gasteiger partial charge in [-0.2, -0.15) is 11.8 Å². The Bertz CT molecular complexity index is 183. The molecule has 0 radical (unpaired) electrons. The molecular formula is C10H21NO2S. The van der Waals surface area contributed by atoms with Gasteiger partial charge >= 0.3 is 5.97 Å². The van der Waals surface area contributed by atoms with E-state index in [1.54, 1.807) is 13.8 Å². The highest BCUT2D eigenvalue weighted by Crippen LogP contribution is 2.15. The lowest BCUT2D eigenvalue weighted by Gasteiger charge is -2.33. The first-order chi connectivity index (χ1) is 6.46. The standard InChI is InChI=1S/C10H21NO2S/c1-5-11(7-8-14-6-2)10(3,4)9(12)13/h5-8H2,1-4H3,(H,12,13). The second kappa shape index (κ2) is 6.30. The third kappa shape index (κ3) is 3.88. The fraction of sp³-hybridized carbons (Fsp3) is 0.900. The van der Waals surface area contributed by atoms with Crippen LogP contribution in [0, 0.1) is 0 Å². The Hall–Kier alpha value is -0.220. The van der Waals surface area contributed by atoms with Crippen LogP contribution in [0.1, 0.15) is 27.7 Å². The highest BCUT2D eigenvalue weighted by atomic mass is 32.2. The molecule has 0 saturated heterocycles. The van der Waals surface area contributed by atoms with Gasteiger partial charge in [-0.1, -0.05) is 13.8 Å². The Morgan fingerprint density at radius 3 is 2.36 bits per heavy atom. The van der Waals surface area contributed by atoms with E-state index in [0.717, 1.165) is 24.6 Å². The van der Waals surface area contributed by atoms with Crippen LogP contribution in [0.5, 0.6) is 0 Å². The summed E-state index contributed by atoms with van der Waals surface area (Å²) in [7, 11) is 0. The van der Waals surface area contributed by atoms with Gasteiger partial charge in [0.15, 0.2) is 0 Å². The fourth-order valence-electron chi connectivity index (χ4n) is 1.29. The highest BCUT2D eigenvalue weighted by molar-refractivity contribution is 7.99. The summed E-state index contributed by atoms with van der Waals surface area (Å²) in [5.41, 5.74) is -0.747. The van der Waals surface area contributed by atoms with Crippen LogP contribution in [-0.2, 0) is 4.79 Å². The number of aliphatic carboxylic acids is 1. The van der Waals surface area contributed by atoms with E-state index in [4.69, 9.17) is 5.11 Å². The quantitative estimate of drug-likeness (QED) is 0.664. The molecule has 0 unspecified atom stereocenters. The number of nitrogens with zero attached hydrogens (tertiary/aromatic N) is 1. The molecule has 0 heterocycles. The minimum absolute atomic E-state index is 0.747. The van der Waals surface area contributed by atoms with Crippen molar-refractivity contribution in [3.63, 3.8) is 0 Å². The van der Waals surface area contributed by atoms with Gasteiger partial charge in [-0.05, 0) is 26.1 Å². The maximum absolute atomic E-state index is 11.0. The molecule has 84 valence electrons. The van der Waals surface area contributed by atoms with E-state index in [-0.39, 0.29) is 0 Å². The molecule has 0 aliphatic heterocycles. The van der Waals surface area contributed by atoms with Crippen molar-refractivity contribution in [2.45, 2.75) is 33.2 Å². The van der Waals surface area contributed by atoms with Crippen LogP contribution in [0.15, 0.2) is 0 Å². The minimum Gasteiger partial charge on any atom is -0.480 e. The van der Waals surface area contributed by atoms with Crippen LogP contribution in [0.25, 0.3) is 0 Å². The SMILES string of the molecule is CCSCCN(CC)C(C)(C)C(=O)O. The first-order valence-corrected chi connectivity index (χ1v) is 6.18. The molecule has 0 spiro atoms. The van der Waals surface area contributed by atoms with Gasteiger partial charge in [0.2, 0.25) is 0 Å². The molecule has 0 aromatic heterocycles. The van der Waals surface area contributed by atoms with Gasteiger partial charge in [0.1, 0.15) is 5.54 Å². The highest BCUT2D eigenvalue weighted by Gasteiger charge is 2.32. The van der Waals surface area contributed by atoms with E-state index in [9.17, 15) is 4.79 Å². The minimum atomic E-state index is -0.749. The number of thioether (sulfide) groups is 1. The fourth-order valence-corrected chi connectivity index (χ4v) is 1.93. The molecule has 4 heteroatoms. The zero-order chi connectivity index (χ0) is 11.2. The number of carbonyl (C=O) groups is 1. The number of carboxylic acids is 1. The average Bonchev–Trinajstić information content (AvgIpc) is 2.12. The van der Waals surface area contributed by atoms with E-state index in [0.29, 0.717) is 0 Å². The summed E-state index contributed by atoms with van der Waals surface area (Å²) in [6.45, 7) is 9.26. The summed E-state index contributed by atoms with van der Waals surface area (Å²) in [4.78, 5) is 13.0. The first-order valence-electron chi connectivity index (χ1n) is 5.03. The second-order valence-electron chi connectivity index (χ2n) is 3.64. The normalized spacial score (nSPS) is 12.1. The van der Waals surface area contributed by atoms with Gasteiger partial charge in [-0.3, -0.25) is 9.69 Å². The Morgan fingerprint density at radius 2 is 2.00 bits per heavy atom. The van der Waals surface area contributed by atoms with Crippen molar-refractivity contribution in [1.82, 2.24) is 4.90 Å². The van der Waals surface area contributed by atoms with Crippen molar-refractivity contribution in [1.29, 1.82) is 0 Å². The first kappa shape index (κ1) is 13.8. The van der Waals surface area contributed by atoms with Crippen molar-refractivity contribution in [2.24, 2.45) is 0 Å². The molecule has 0 bridgehead atoms. The zero-order valence-corrected chi connectivity index (χ0v) is 10.4. The molecule has 0 saturated carbocycles. The smallest absolute Gasteiger partial charge is 0.323 e. The molecule has 0 amide bonds. The van der Waals surface area contributed by atoms with Crippen molar-refractivity contribution in [2.75, 3.05) is 24.6 Å². The maximum atomic E-state index is 11.0. The number of carboxylic acid groups (broad SMARTS) is 1. The number of rotatable bonds is 7. The summed E-state index contributed by atoms with van der Waals surface area (Å²) in [5, 5.41) is 9.05. The van der Waals surface area contributed by atoms with Crippen molar-refractivity contribution in [3.8, 4) is 0 Å². The van der Waals surface area contributed by atoms with E-state index in [2.05, 4.69) is 6.92 Å². The topological polar surface area (TPSA) is 40.5 Å². The third-order valence-corrected chi connectivity index (χ3v) is 3.28. The van der Waals surface area contributed by atoms with Crippen LogP contribution < -0.4 is 0 Å². The van der Waals surface area contributed by atoms with E-state index >= 15 is 0 Å². The van der Waals surface area contributed by atoms with Gasteiger partial charge in [0.25, 0.3) is 0 Å². The largest absolute Gasteiger partial charge is 0.480 e. The molecule has 0 atom stereocenters. The molecule has 0 aliphatic rings. The second-order valence-corrected chi connectivity index (χ2v) is 5.03. The van der Waals surface area contributed by atoms with E-state index in [1.165, 1.54) is 0 Å². The Balaban J connectivity index is 4.18. The summed E-state index contributed by atoms with van der Waals surface area (Å²) >= 11 is 1.85. The van der Waals surface area contributed by atoms with Crippen LogP contribution in [0.4, 0.5) is 0 Å². The molecule has 0 fully saturated rings. The summed E-state index contributed by atoms with van der Waals surface area (Å²) in [5.74, 6) is 1.34. The van der Waals surface area contributed by atoms with Gasteiger partial charge in [0, 0.05) is 12.3 Å². The van der Waals surface area contributed by atoms with Gasteiger partial charge in [-0.15, -0.1) is 0 Å². The lowest BCUT2D eigenvalue weighted by molar-refractivity contribution is -0.149. The Labute approximate surface area is 90.9 Å². The van der Waals surface area contributed by atoms with Crippen LogP contribution >= 0.6 is 11.8 Å². The molecule has 3 nitrogen and oxygen atoms in total. The van der Waals surface area contributed by atoms with Crippen LogP contribution in [0.3, 0.4) is 0 Å². The average molecular weight is 219 g/mol. The van der Waals surface area contributed by atoms with Gasteiger partial charge in [-0.25, -0.2) is 0 Å². The lowest BCUT2D eigenvalue weighted by Crippen LogP contribution is -2.50. The summed E-state index contributed by atoms with van der Waals surface area (Å²) < 4.78 is 0. The number of hydrogen-bond acceptors (Lipinski definition) is 3. The maximum Gasteiger partial charge on any atom is 0.323 e. The van der Waals surface area contributed by atoms with E-state index in [1.807, 2.05) is 23.6 Å². The molecule has 1 N–H and O–H groups in total. The molecule has 0 aliphatic carbocycles. The zero-order valence-electron chi connectivity index (χ0n) is 9.54. The van der Waals surface area contributed by atoms with Crippen LogP contribution in [-0.4, -0.2) is 46.1 Å². The van der Waals surface area contributed by atoms with Crippen molar-refractivity contribution in [3.05, 3.63) is 0 Å². The van der Waals surface area contributed by atoms with Crippen LogP contribution in [0.2, 0.25) is 0 Å². The molecule has 0 rings (SSSR count).